The molecule has 2 fully saturated rings. The lowest BCUT2D eigenvalue weighted by molar-refractivity contribution is -0.139. The monoisotopic (exact) mass is 319 g/mol. The third kappa shape index (κ3) is 3.79. The number of likely N-dealkylation sites (tertiary alicyclic amines) is 1. The zero-order valence-electron chi connectivity index (χ0n) is 13.2. The minimum Gasteiger partial charge on any atom is -0.482 e. The van der Waals surface area contributed by atoms with E-state index in [1.54, 1.807) is 41.4 Å². The Morgan fingerprint density at radius 1 is 1.48 bits per heavy atom. The summed E-state index contributed by atoms with van der Waals surface area (Å²) in [5.41, 5.74) is 0. The Morgan fingerprint density at radius 3 is 3.13 bits per heavy atom. The Hall–Kier alpha value is -2.15. The number of hydrogen-bond acceptors (Lipinski definition) is 5. The molecular formula is C16H21N3O4. The van der Waals surface area contributed by atoms with E-state index in [9.17, 15) is 9.59 Å². The van der Waals surface area contributed by atoms with Crippen LogP contribution >= 0.6 is 0 Å². The molecule has 7 nitrogen and oxygen atoms in total. The number of pyridine rings is 1. The number of carbonyl (C=O) groups excluding carboxylic acids is 2. The number of hydrogen-bond donors (Lipinski definition) is 0. The quantitative estimate of drug-likeness (QED) is 0.794. The van der Waals surface area contributed by atoms with Gasteiger partial charge >= 0.3 is 0 Å². The highest BCUT2D eigenvalue weighted by Gasteiger charge is 2.36. The molecule has 3 rings (SSSR count). The van der Waals surface area contributed by atoms with Gasteiger partial charge < -0.3 is 19.3 Å². The molecule has 2 amide bonds. The van der Waals surface area contributed by atoms with Gasteiger partial charge in [-0.15, -0.1) is 0 Å². The van der Waals surface area contributed by atoms with E-state index in [0.717, 1.165) is 6.42 Å². The normalized spacial score (nSPS) is 24.8. The van der Waals surface area contributed by atoms with Gasteiger partial charge in [-0.3, -0.25) is 14.6 Å². The fourth-order valence-corrected chi connectivity index (χ4v) is 3.04. The van der Waals surface area contributed by atoms with Crippen molar-refractivity contribution >= 4 is 11.8 Å². The van der Waals surface area contributed by atoms with Crippen molar-refractivity contribution in [2.45, 2.75) is 12.5 Å². The van der Waals surface area contributed by atoms with Crippen molar-refractivity contribution in [3.63, 3.8) is 0 Å². The fourth-order valence-electron chi connectivity index (χ4n) is 3.04. The molecule has 23 heavy (non-hydrogen) atoms. The molecular weight excluding hydrogens is 298 g/mol. The summed E-state index contributed by atoms with van der Waals surface area (Å²) in [5, 5.41) is 0. The molecule has 2 saturated heterocycles. The second kappa shape index (κ2) is 6.95. The molecule has 2 aliphatic rings. The third-order valence-electron chi connectivity index (χ3n) is 4.37. The average Bonchev–Trinajstić information content (AvgIpc) is 2.72. The zero-order valence-corrected chi connectivity index (χ0v) is 13.2. The van der Waals surface area contributed by atoms with Gasteiger partial charge in [0, 0.05) is 38.8 Å². The molecule has 0 radical (unpaired) electrons. The Kier molecular flexibility index (Phi) is 4.76. The number of ether oxygens (including phenoxy) is 2. The summed E-state index contributed by atoms with van der Waals surface area (Å²) < 4.78 is 11.1. The second-order valence-electron chi connectivity index (χ2n) is 5.99. The molecule has 3 heterocycles. The van der Waals surface area contributed by atoms with Gasteiger partial charge in [-0.1, -0.05) is 0 Å². The fraction of sp³-hybridized carbons (Fsp3) is 0.562. The summed E-state index contributed by atoms with van der Waals surface area (Å²) >= 11 is 0. The second-order valence-corrected chi connectivity index (χ2v) is 5.99. The van der Waals surface area contributed by atoms with E-state index in [1.165, 1.54) is 0 Å². The van der Waals surface area contributed by atoms with E-state index in [4.69, 9.17) is 9.47 Å². The number of carbonyl (C=O) groups is 2. The predicted octanol–water partition coefficient (Wildman–Crippen LogP) is 0.166. The van der Waals surface area contributed by atoms with Gasteiger partial charge in [0.25, 0.3) is 5.91 Å². The molecule has 1 aromatic heterocycles. The lowest BCUT2D eigenvalue weighted by Gasteiger charge is -2.37. The van der Waals surface area contributed by atoms with Gasteiger partial charge in [0.1, 0.15) is 12.4 Å². The maximum absolute atomic E-state index is 12.3. The first-order chi connectivity index (χ1) is 11.1. The van der Waals surface area contributed by atoms with Crippen molar-refractivity contribution in [3.8, 4) is 5.75 Å². The lowest BCUT2D eigenvalue weighted by Crippen LogP contribution is -2.50. The number of aromatic nitrogens is 1. The van der Waals surface area contributed by atoms with Crippen LogP contribution in [0.5, 0.6) is 5.75 Å². The minimum absolute atomic E-state index is 0.00128. The lowest BCUT2D eigenvalue weighted by atomic mass is 9.94. The molecule has 0 aliphatic carbocycles. The van der Waals surface area contributed by atoms with Gasteiger partial charge in [-0.2, -0.15) is 0 Å². The standard InChI is InChI=1S/C16H21N3O4/c1-18-8-12-9-19(6-4-14(12)23-10-15(18)20)16(21)11-22-13-3-2-5-17-7-13/h2-3,5,7,12,14H,4,6,8-11H2,1H3/t12-,14-/m0/s1. The van der Waals surface area contributed by atoms with Crippen LogP contribution in [0, 0.1) is 5.92 Å². The Bertz CT molecular complexity index is 566. The highest BCUT2D eigenvalue weighted by Crippen LogP contribution is 2.23. The molecule has 0 aromatic carbocycles. The number of piperidine rings is 1. The smallest absolute Gasteiger partial charge is 0.260 e. The summed E-state index contributed by atoms with van der Waals surface area (Å²) in [6.45, 7) is 1.98. The van der Waals surface area contributed by atoms with Crippen LogP contribution in [0.2, 0.25) is 0 Å². The molecule has 2 aliphatic heterocycles. The van der Waals surface area contributed by atoms with Crippen LogP contribution in [-0.4, -0.2) is 72.6 Å². The van der Waals surface area contributed by atoms with Gasteiger partial charge in [0.15, 0.2) is 6.61 Å². The molecule has 124 valence electrons. The van der Waals surface area contributed by atoms with Crippen LogP contribution in [0.3, 0.4) is 0 Å². The van der Waals surface area contributed by atoms with Gasteiger partial charge in [-0.25, -0.2) is 0 Å². The van der Waals surface area contributed by atoms with E-state index in [0.29, 0.717) is 25.4 Å². The summed E-state index contributed by atoms with van der Waals surface area (Å²) in [6.07, 6.45) is 4.04. The highest BCUT2D eigenvalue weighted by molar-refractivity contribution is 5.78. The Labute approximate surface area is 135 Å². The first kappa shape index (κ1) is 15.7. The number of fused-ring (bicyclic) bond motifs is 1. The van der Waals surface area contributed by atoms with Crippen LogP contribution in [-0.2, 0) is 14.3 Å². The molecule has 0 saturated carbocycles. The largest absolute Gasteiger partial charge is 0.482 e. The average molecular weight is 319 g/mol. The summed E-state index contributed by atoms with van der Waals surface area (Å²) in [4.78, 5) is 31.5. The van der Waals surface area contributed by atoms with Crippen LogP contribution in [0.1, 0.15) is 6.42 Å². The first-order valence-electron chi connectivity index (χ1n) is 7.79. The van der Waals surface area contributed by atoms with Crippen molar-refractivity contribution in [3.05, 3.63) is 24.5 Å². The molecule has 1 aromatic rings. The number of likely N-dealkylation sites (N-methyl/N-ethyl adjacent to an activating group) is 1. The molecule has 0 unspecified atom stereocenters. The van der Waals surface area contributed by atoms with E-state index < -0.39 is 0 Å². The van der Waals surface area contributed by atoms with Crippen molar-refractivity contribution in [1.29, 1.82) is 0 Å². The van der Waals surface area contributed by atoms with Gasteiger partial charge in [0.2, 0.25) is 5.91 Å². The zero-order chi connectivity index (χ0) is 16.2. The molecule has 0 bridgehead atoms. The van der Waals surface area contributed by atoms with E-state index in [-0.39, 0.29) is 37.0 Å². The van der Waals surface area contributed by atoms with Crippen molar-refractivity contribution in [2.24, 2.45) is 5.92 Å². The van der Waals surface area contributed by atoms with Crippen LogP contribution in [0.25, 0.3) is 0 Å². The summed E-state index contributed by atoms with van der Waals surface area (Å²) in [5.74, 6) is 0.684. The van der Waals surface area contributed by atoms with E-state index >= 15 is 0 Å². The molecule has 0 N–H and O–H groups in total. The topological polar surface area (TPSA) is 72.0 Å². The van der Waals surface area contributed by atoms with Gasteiger partial charge in [0.05, 0.1) is 12.3 Å². The van der Waals surface area contributed by atoms with Crippen LogP contribution in [0.4, 0.5) is 0 Å². The molecule has 2 atom stereocenters. The van der Waals surface area contributed by atoms with Crippen LogP contribution < -0.4 is 4.74 Å². The van der Waals surface area contributed by atoms with Crippen LogP contribution in [0.15, 0.2) is 24.5 Å². The summed E-state index contributed by atoms with van der Waals surface area (Å²) in [6, 6.07) is 3.53. The highest BCUT2D eigenvalue weighted by atomic mass is 16.5. The Balaban J connectivity index is 1.55. The van der Waals surface area contributed by atoms with Gasteiger partial charge in [-0.05, 0) is 18.6 Å². The minimum atomic E-state index is -0.0504. The predicted molar refractivity (Wildman–Crippen MR) is 81.8 cm³/mol. The summed E-state index contributed by atoms with van der Waals surface area (Å²) in [7, 11) is 1.78. The Morgan fingerprint density at radius 2 is 2.35 bits per heavy atom. The van der Waals surface area contributed by atoms with E-state index in [1.807, 2.05) is 0 Å². The maximum Gasteiger partial charge on any atom is 0.260 e. The van der Waals surface area contributed by atoms with Crippen molar-refractivity contribution in [2.75, 3.05) is 39.9 Å². The number of amides is 2. The SMILES string of the molecule is CN1C[C@H]2CN(C(=O)COc3cccnc3)CC[C@@H]2OCC1=O. The number of rotatable bonds is 3. The maximum atomic E-state index is 12.3. The third-order valence-corrected chi connectivity index (χ3v) is 4.37. The van der Waals surface area contributed by atoms with E-state index in [2.05, 4.69) is 4.98 Å². The van der Waals surface area contributed by atoms with Crippen molar-refractivity contribution in [1.82, 2.24) is 14.8 Å². The van der Waals surface area contributed by atoms with Crippen molar-refractivity contribution < 1.29 is 19.1 Å². The molecule has 7 heteroatoms. The molecule has 0 spiro atoms. The first-order valence-corrected chi connectivity index (χ1v) is 7.79. The number of nitrogens with zero attached hydrogens (tertiary/aromatic N) is 3.